The number of hydrogen-bond donors (Lipinski definition) is 0. The molecule has 0 atom stereocenters. The lowest BCUT2D eigenvalue weighted by atomic mass is 10.2. The van der Waals surface area contributed by atoms with Crippen LogP contribution >= 0.6 is 0 Å². The smallest absolute Gasteiger partial charge is 0.267 e. The number of rotatable bonds is 2. The van der Waals surface area contributed by atoms with Crippen molar-refractivity contribution in [3.63, 3.8) is 0 Å². The van der Waals surface area contributed by atoms with Crippen LogP contribution in [0.4, 0.5) is 0 Å². The lowest BCUT2D eigenvalue weighted by Crippen LogP contribution is -2.16. The molecular formula is C13H9N5O2. The van der Waals surface area contributed by atoms with Crippen LogP contribution in [0.1, 0.15) is 20.8 Å². The van der Waals surface area contributed by atoms with Gasteiger partial charge in [-0.05, 0) is 24.3 Å². The maximum absolute atomic E-state index is 12.0. The molecule has 20 heavy (non-hydrogen) atoms. The molecule has 0 aliphatic carbocycles. The van der Waals surface area contributed by atoms with Gasteiger partial charge < -0.3 is 0 Å². The van der Waals surface area contributed by atoms with Crippen molar-refractivity contribution in [1.82, 2.24) is 24.5 Å². The Morgan fingerprint density at radius 2 is 1.55 bits per heavy atom. The zero-order valence-corrected chi connectivity index (χ0v) is 10.2. The van der Waals surface area contributed by atoms with Crippen molar-refractivity contribution in [3.05, 3.63) is 66.5 Å². The fourth-order valence-corrected chi connectivity index (χ4v) is 1.67. The molecule has 3 aromatic rings. The second kappa shape index (κ2) is 4.88. The van der Waals surface area contributed by atoms with Crippen molar-refractivity contribution >= 4 is 11.8 Å². The summed E-state index contributed by atoms with van der Waals surface area (Å²) in [6.07, 6.45) is 7.45. The minimum absolute atomic E-state index is 0.214. The Bertz CT molecular complexity index is 664. The van der Waals surface area contributed by atoms with E-state index in [9.17, 15) is 9.59 Å². The summed E-state index contributed by atoms with van der Waals surface area (Å²) in [7, 11) is 0. The van der Waals surface area contributed by atoms with Gasteiger partial charge in [-0.3, -0.25) is 14.6 Å². The maximum atomic E-state index is 12.0. The molecule has 0 N–H and O–H groups in total. The lowest BCUT2D eigenvalue weighted by Gasteiger charge is -2.02. The number of pyridine rings is 1. The molecule has 3 heterocycles. The molecule has 0 unspecified atom stereocenters. The predicted octanol–water partition coefficient (Wildman–Crippen LogP) is 0.852. The molecule has 0 saturated heterocycles. The highest BCUT2D eigenvalue weighted by atomic mass is 16.2. The van der Waals surface area contributed by atoms with E-state index in [1.807, 2.05) is 0 Å². The van der Waals surface area contributed by atoms with Gasteiger partial charge in [-0.25, -0.2) is 9.36 Å². The van der Waals surface area contributed by atoms with Gasteiger partial charge in [0.25, 0.3) is 11.8 Å². The van der Waals surface area contributed by atoms with E-state index < -0.39 is 0 Å². The maximum Gasteiger partial charge on any atom is 0.296 e. The highest BCUT2D eigenvalue weighted by molar-refractivity contribution is 5.97. The molecule has 0 aromatic carbocycles. The summed E-state index contributed by atoms with van der Waals surface area (Å²) in [5, 5.41) is 7.69. The first-order valence-corrected chi connectivity index (χ1v) is 5.80. The minimum Gasteiger partial charge on any atom is -0.267 e. The van der Waals surface area contributed by atoms with Gasteiger partial charge in [0.2, 0.25) is 0 Å². The summed E-state index contributed by atoms with van der Waals surface area (Å²) >= 11 is 0. The van der Waals surface area contributed by atoms with E-state index >= 15 is 0 Å². The number of carbonyl (C=O) groups excluding carboxylic acids is 2. The van der Waals surface area contributed by atoms with Crippen LogP contribution in [-0.4, -0.2) is 36.4 Å². The highest BCUT2D eigenvalue weighted by Gasteiger charge is 2.13. The third-order valence-corrected chi connectivity index (χ3v) is 2.65. The largest absolute Gasteiger partial charge is 0.296 e. The van der Waals surface area contributed by atoms with Crippen molar-refractivity contribution < 1.29 is 9.59 Å². The summed E-state index contributed by atoms with van der Waals surface area (Å²) < 4.78 is 2.38. The van der Waals surface area contributed by atoms with Gasteiger partial charge in [-0.2, -0.15) is 10.2 Å². The van der Waals surface area contributed by atoms with E-state index in [4.69, 9.17) is 0 Å². The average Bonchev–Trinajstić information content (AvgIpc) is 3.18. The van der Waals surface area contributed by atoms with Gasteiger partial charge in [0.15, 0.2) is 0 Å². The zero-order valence-electron chi connectivity index (χ0n) is 10.2. The van der Waals surface area contributed by atoms with Gasteiger partial charge >= 0.3 is 0 Å². The molecular weight excluding hydrogens is 258 g/mol. The Hall–Kier alpha value is -3.09. The van der Waals surface area contributed by atoms with Crippen LogP contribution < -0.4 is 0 Å². The summed E-state index contributed by atoms with van der Waals surface area (Å²) in [5.41, 5.74) is 0.566. The third-order valence-electron chi connectivity index (χ3n) is 2.65. The predicted molar refractivity (Wildman–Crippen MR) is 68.1 cm³/mol. The number of aromatic nitrogens is 5. The van der Waals surface area contributed by atoms with Crippen LogP contribution in [0.2, 0.25) is 0 Å². The normalized spacial score (nSPS) is 10.4. The molecule has 0 aliphatic rings. The van der Waals surface area contributed by atoms with E-state index in [0.29, 0.717) is 5.56 Å². The first-order valence-electron chi connectivity index (χ1n) is 5.80. The molecule has 3 aromatic heterocycles. The fraction of sp³-hybridized carbons (Fsp3) is 0. The minimum atomic E-state index is -0.354. The molecule has 0 spiro atoms. The van der Waals surface area contributed by atoms with Crippen molar-refractivity contribution in [3.8, 4) is 0 Å². The molecule has 0 bridgehead atoms. The lowest BCUT2D eigenvalue weighted by molar-refractivity contribution is 0.0929. The van der Waals surface area contributed by atoms with Crippen molar-refractivity contribution in [1.29, 1.82) is 0 Å². The van der Waals surface area contributed by atoms with Crippen molar-refractivity contribution in [2.75, 3.05) is 0 Å². The van der Waals surface area contributed by atoms with Crippen LogP contribution in [-0.2, 0) is 0 Å². The fourth-order valence-electron chi connectivity index (χ4n) is 1.67. The van der Waals surface area contributed by atoms with E-state index in [2.05, 4.69) is 15.2 Å². The van der Waals surface area contributed by atoms with E-state index in [0.717, 1.165) is 0 Å². The van der Waals surface area contributed by atoms with Crippen molar-refractivity contribution in [2.45, 2.75) is 0 Å². The third kappa shape index (κ3) is 2.12. The first kappa shape index (κ1) is 12.0. The molecule has 98 valence electrons. The molecule has 7 nitrogen and oxygen atoms in total. The molecule has 0 aliphatic heterocycles. The van der Waals surface area contributed by atoms with Gasteiger partial charge in [0, 0.05) is 31.0 Å². The average molecular weight is 267 g/mol. The monoisotopic (exact) mass is 267 g/mol. The second-order valence-electron chi connectivity index (χ2n) is 3.94. The van der Waals surface area contributed by atoms with Crippen LogP contribution in [0.5, 0.6) is 0 Å². The van der Waals surface area contributed by atoms with Crippen LogP contribution in [0, 0.1) is 0 Å². The van der Waals surface area contributed by atoms with Crippen LogP contribution in [0.3, 0.4) is 0 Å². The number of nitrogens with zero attached hydrogens (tertiary/aromatic N) is 5. The van der Waals surface area contributed by atoms with Gasteiger partial charge in [0.1, 0.15) is 5.69 Å². The summed E-state index contributed by atoms with van der Waals surface area (Å²) in [5.74, 6) is -0.659. The Morgan fingerprint density at radius 3 is 2.05 bits per heavy atom. The van der Waals surface area contributed by atoms with E-state index in [1.165, 1.54) is 46.3 Å². The zero-order chi connectivity index (χ0) is 13.9. The van der Waals surface area contributed by atoms with E-state index in [-0.39, 0.29) is 17.5 Å². The Kier molecular flexibility index (Phi) is 2.92. The molecule has 7 heteroatoms. The van der Waals surface area contributed by atoms with Crippen molar-refractivity contribution in [2.24, 2.45) is 0 Å². The van der Waals surface area contributed by atoms with Gasteiger partial charge in [-0.1, -0.05) is 0 Å². The molecule has 0 amide bonds. The van der Waals surface area contributed by atoms with Crippen LogP contribution in [0.25, 0.3) is 0 Å². The Balaban J connectivity index is 1.85. The summed E-state index contributed by atoms with van der Waals surface area (Å²) in [6, 6.07) is 6.32. The Morgan fingerprint density at radius 1 is 0.900 bits per heavy atom. The van der Waals surface area contributed by atoms with E-state index in [1.54, 1.807) is 18.3 Å². The Labute approximate surface area is 113 Å². The summed E-state index contributed by atoms with van der Waals surface area (Å²) in [4.78, 5) is 27.9. The van der Waals surface area contributed by atoms with Gasteiger partial charge in [-0.15, -0.1) is 0 Å². The molecule has 0 radical (unpaired) electrons. The molecule has 3 rings (SSSR count). The van der Waals surface area contributed by atoms with Gasteiger partial charge in [0.05, 0.1) is 5.56 Å². The standard InChI is InChI=1S/C13H9N5O2/c19-12(17-7-1-5-15-17)10-3-4-11(14-9-10)13(20)18-8-2-6-16-18/h1-9H. The molecule has 0 fully saturated rings. The first-order chi connectivity index (χ1) is 9.75. The molecule has 0 saturated carbocycles. The number of carbonyl (C=O) groups is 2. The number of hydrogen-bond acceptors (Lipinski definition) is 5. The highest BCUT2D eigenvalue weighted by Crippen LogP contribution is 2.04. The SMILES string of the molecule is O=C(c1ccc(C(=O)n2cccn2)nc1)n1cccn1. The quantitative estimate of drug-likeness (QED) is 0.687. The second-order valence-corrected chi connectivity index (χ2v) is 3.94. The summed E-state index contributed by atoms with van der Waals surface area (Å²) in [6.45, 7) is 0. The van der Waals surface area contributed by atoms with Crippen LogP contribution in [0.15, 0.2) is 55.2 Å². The topological polar surface area (TPSA) is 82.7 Å².